The fraction of sp³-hybridized carbons (Fsp3) is 0.900. The number of hydrogen-bond acceptors (Lipinski definition) is 3. The predicted octanol–water partition coefficient (Wildman–Crippen LogP) is 0.118. The summed E-state index contributed by atoms with van der Waals surface area (Å²) in [6.45, 7) is 8.42. The third kappa shape index (κ3) is 5.94. The lowest BCUT2D eigenvalue weighted by atomic mass is 10.2. The van der Waals surface area contributed by atoms with E-state index in [0.29, 0.717) is 6.54 Å². The molecule has 4 heteroatoms. The molecule has 0 spiro atoms. The Labute approximate surface area is 86.1 Å². The molecule has 2 unspecified atom stereocenters. The molecule has 2 atom stereocenters. The lowest BCUT2D eigenvalue weighted by Gasteiger charge is -2.17. The Hall–Kier alpha value is -0.610. The van der Waals surface area contributed by atoms with Crippen LogP contribution in [0.1, 0.15) is 27.7 Å². The minimum Gasteiger partial charge on any atom is -0.396 e. The SMILES string of the molecule is CC(CO)CNC(C)C(=O)NC(C)C. The van der Waals surface area contributed by atoms with Crippen LogP contribution in [0.4, 0.5) is 0 Å². The summed E-state index contributed by atoms with van der Waals surface area (Å²) in [5.74, 6) is 0.189. The molecule has 0 bridgehead atoms. The number of carbonyl (C=O) groups is 1. The minimum atomic E-state index is -0.202. The molecule has 0 aromatic rings. The highest BCUT2D eigenvalue weighted by Crippen LogP contribution is 1.91. The van der Waals surface area contributed by atoms with E-state index in [1.165, 1.54) is 0 Å². The second-order valence-corrected chi connectivity index (χ2v) is 4.08. The van der Waals surface area contributed by atoms with Gasteiger partial charge in [-0.2, -0.15) is 0 Å². The van der Waals surface area contributed by atoms with Crippen LogP contribution >= 0.6 is 0 Å². The Morgan fingerprint density at radius 2 is 1.86 bits per heavy atom. The molecular weight excluding hydrogens is 180 g/mol. The topological polar surface area (TPSA) is 61.4 Å². The first-order valence-corrected chi connectivity index (χ1v) is 5.12. The molecule has 0 rings (SSSR count). The highest BCUT2D eigenvalue weighted by molar-refractivity contribution is 5.81. The van der Waals surface area contributed by atoms with Crippen LogP contribution in [0.2, 0.25) is 0 Å². The average Bonchev–Trinajstić information content (AvgIpc) is 2.12. The van der Waals surface area contributed by atoms with E-state index in [4.69, 9.17) is 5.11 Å². The highest BCUT2D eigenvalue weighted by Gasteiger charge is 2.13. The number of hydrogen-bond donors (Lipinski definition) is 3. The van der Waals surface area contributed by atoms with Gasteiger partial charge < -0.3 is 15.7 Å². The summed E-state index contributed by atoms with van der Waals surface area (Å²) in [7, 11) is 0. The number of aliphatic hydroxyl groups excluding tert-OH is 1. The van der Waals surface area contributed by atoms with Gasteiger partial charge in [-0.15, -0.1) is 0 Å². The second kappa shape index (κ2) is 6.79. The molecule has 0 radical (unpaired) electrons. The number of aliphatic hydroxyl groups is 1. The predicted molar refractivity (Wildman–Crippen MR) is 57.0 cm³/mol. The Balaban J connectivity index is 3.72. The van der Waals surface area contributed by atoms with Crippen molar-refractivity contribution in [3.63, 3.8) is 0 Å². The van der Waals surface area contributed by atoms with Crippen LogP contribution in [0.5, 0.6) is 0 Å². The lowest BCUT2D eigenvalue weighted by Crippen LogP contribution is -2.46. The van der Waals surface area contributed by atoms with Gasteiger partial charge in [0.1, 0.15) is 0 Å². The Morgan fingerprint density at radius 1 is 1.29 bits per heavy atom. The van der Waals surface area contributed by atoms with Crippen molar-refractivity contribution in [1.82, 2.24) is 10.6 Å². The fourth-order valence-electron chi connectivity index (χ4n) is 0.945. The van der Waals surface area contributed by atoms with E-state index in [1.807, 2.05) is 27.7 Å². The number of amides is 1. The highest BCUT2D eigenvalue weighted by atomic mass is 16.3. The maximum atomic E-state index is 11.4. The van der Waals surface area contributed by atoms with Crippen LogP contribution in [0.3, 0.4) is 0 Å². The largest absolute Gasteiger partial charge is 0.396 e. The summed E-state index contributed by atoms with van der Waals surface area (Å²) in [5, 5.41) is 14.7. The molecule has 0 aliphatic heterocycles. The van der Waals surface area contributed by atoms with Crippen LogP contribution in [-0.2, 0) is 4.79 Å². The smallest absolute Gasteiger partial charge is 0.237 e. The van der Waals surface area contributed by atoms with Crippen molar-refractivity contribution >= 4 is 5.91 Å². The van der Waals surface area contributed by atoms with Gasteiger partial charge in [0.05, 0.1) is 6.04 Å². The van der Waals surface area contributed by atoms with Crippen molar-refractivity contribution in [3.8, 4) is 0 Å². The first kappa shape index (κ1) is 13.4. The van der Waals surface area contributed by atoms with Crippen molar-refractivity contribution in [2.75, 3.05) is 13.2 Å². The summed E-state index contributed by atoms with van der Waals surface area (Å²) in [6, 6.07) is -0.0339. The molecule has 3 N–H and O–H groups in total. The van der Waals surface area contributed by atoms with Gasteiger partial charge in [0.2, 0.25) is 5.91 Å². The van der Waals surface area contributed by atoms with Gasteiger partial charge in [0.15, 0.2) is 0 Å². The van der Waals surface area contributed by atoms with Crippen LogP contribution in [0.25, 0.3) is 0 Å². The van der Waals surface area contributed by atoms with Crippen molar-refractivity contribution in [2.45, 2.75) is 39.8 Å². The number of carbonyl (C=O) groups excluding carboxylic acids is 1. The Kier molecular flexibility index (Phi) is 6.49. The van der Waals surface area contributed by atoms with Crippen LogP contribution in [0.15, 0.2) is 0 Å². The molecule has 1 amide bonds. The maximum absolute atomic E-state index is 11.4. The average molecular weight is 202 g/mol. The van der Waals surface area contributed by atoms with Crippen LogP contribution in [0, 0.1) is 5.92 Å². The van der Waals surface area contributed by atoms with Crippen molar-refractivity contribution in [2.24, 2.45) is 5.92 Å². The summed E-state index contributed by atoms with van der Waals surface area (Å²) in [5.41, 5.74) is 0. The first-order valence-electron chi connectivity index (χ1n) is 5.12. The monoisotopic (exact) mass is 202 g/mol. The zero-order valence-electron chi connectivity index (χ0n) is 9.50. The molecule has 0 saturated heterocycles. The van der Waals surface area contributed by atoms with Crippen molar-refractivity contribution in [1.29, 1.82) is 0 Å². The third-order valence-electron chi connectivity index (χ3n) is 1.91. The van der Waals surface area contributed by atoms with Crippen LogP contribution < -0.4 is 10.6 Å². The molecule has 0 aromatic heterocycles. The van der Waals surface area contributed by atoms with Gasteiger partial charge >= 0.3 is 0 Å². The Bertz CT molecular complexity index is 172. The fourth-order valence-corrected chi connectivity index (χ4v) is 0.945. The van der Waals surface area contributed by atoms with E-state index in [-0.39, 0.29) is 30.5 Å². The Morgan fingerprint density at radius 3 is 2.29 bits per heavy atom. The van der Waals surface area contributed by atoms with E-state index < -0.39 is 0 Å². The molecule has 0 aliphatic carbocycles. The normalized spacial score (nSPS) is 15.3. The number of rotatable bonds is 6. The van der Waals surface area contributed by atoms with Gasteiger partial charge in [-0.25, -0.2) is 0 Å². The van der Waals surface area contributed by atoms with E-state index in [2.05, 4.69) is 10.6 Å². The molecule has 0 fully saturated rings. The molecule has 0 heterocycles. The summed E-state index contributed by atoms with van der Waals surface area (Å²) < 4.78 is 0. The van der Waals surface area contributed by atoms with Crippen molar-refractivity contribution < 1.29 is 9.90 Å². The van der Waals surface area contributed by atoms with E-state index in [0.717, 1.165) is 0 Å². The summed E-state index contributed by atoms with van der Waals surface area (Å²) in [4.78, 5) is 11.4. The van der Waals surface area contributed by atoms with Gasteiger partial charge in [0.25, 0.3) is 0 Å². The van der Waals surface area contributed by atoms with E-state index >= 15 is 0 Å². The van der Waals surface area contributed by atoms with Crippen LogP contribution in [-0.4, -0.2) is 36.2 Å². The molecule has 0 aromatic carbocycles. The minimum absolute atomic E-state index is 0.00476. The van der Waals surface area contributed by atoms with Gasteiger partial charge in [-0.1, -0.05) is 6.92 Å². The van der Waals surface area contributed by atoms with E-state index in [9.17, 15) is 4.79 Å². The third-order valence-corrected chi connectivity index (χ3v) is 1.91. The van der Waals surface area contributed by atoms with Gasteiger partial charge in [-0.05, 0) is 26.7 Å². The molecule has 0 aliphatic rings. The summed E-state index contributed by atoms with van der Waals surface area (Å²) >= 11 is 0. The number of nitrogens with one attached hydrogen (secondary N) is 2. The zero-order valence-corrected chi connectivity index (χ0v) is 9.50. The quantitative estimate of drug-likeness (QED) is 0.573. The van der Waals surface area contributed by atoms with Gasteiger partial charge in [-0.3, -0.25) is 4.79 Å². The lowest BCUT2D eigenvalue weighted by molar-refractivity contribution is -0.123. The maximum Gasteiger partial charge on any atom is 0.237 e. The van der Waals surface area contributed by atoms with Gasteiger partial charge in [0, 0.05) is 19.2 Å². The molecule has 14 heavy (non-hydrogen) atoms. The molecular formula is C10H22N2O2. The molecule has 84 valence electrons. The first-order chi connectivity index (χ1) is 6.47. The molecule has 4 nitrogen and oxygen atoms in total. The second-order valence-electron chi connectivity index (χ2n) is 4.08. The summed E-state index contributed by atoms with van der Waals surface area (Å²) in [6.07, 6.45) is 0. The van der Waals surface area contributed by atoms with E-state index in [1.54, 1.807) is 0 Å². The zero-order chi connectivity index (χ0) is 11.1. The van der Waals surface area contributed by atoms with Crippen molar-refractivity contribution in [3.05, 3.63) is 0 Å². The molecule has 0 saturated carbocycles. The standard InChI is InChI=1S/C10H22N2O2/c1-7(2)12-10(14)9(4)11-5-8(3)6-13/h7-9,11,13H,5-6H2,1-4H3,(H,12,14).